The molecule has 5 nitrogen and oxygen atoms in total. The lowest BCUT2D eigenvalue weighted by Crippen LogP contribution is -2.32. The molecule has 0 aliphatic carbocycles. The molecule has 1 amide bonds. The second-order valence-corrected chi connectivity index (χ2v) is 7.07. The van der Waals surface area contributed by atoms with E-state index >= 15 is 0 Å². The van der Waals surface area contributed by atoms with Crippen LogP contribution in [0, 0.1) is 0 Å². The average Bonchev–Trinajstić information content (AvgIpc) is 3.08. The first-order valence-corrected chi connectivity index (χ1v) is 8.08. The highest BCUT2D eigenvalue weighted by molar-refractivity contribution is 7.16. The van der Waals surface area contributed by atoms with Gasteiger partial charge in [0.05, 0.1) is 10.9 Å². The van der Waals surface area contributed by atoms with Crippen molar-refractivity contribution >= 4 is 45.1 Å². The first-order valence-electron chi connectivity index (χ1n) is 6.01. The number of nitrogens with zero attached hydrogens (tertiary/aromatic N) is 3. The molecule has 0 spiro atoms. The van der Waals surface area contributed by atoms with Crippen LogP contribution in [-0.4, -0.2) is 27.2 Å². The van der Waals surface area contributed by atoms with Crippen molar-refractivity contribution in [3.63, 3.8) is 0 Å². The Morgan fingerprint density at radius 1 is 1.48 bits per heavy atom. The Labute approximate surface area is 133 Å². The van der Waals surface area contributed by atoms with Crippen molar-refractivity contribution in [2.45, 2.75) is 6.54 Å². The van der Waals surface area contributed by atoms with E-state index in [1.54, 1.807) is 24.7 Å². The molecule has 21 heavy (non-hydrogen) atoms. The second-order valence-electron chi connectivity index (χ2n) is 4.40. The van der Waals surface area contributed by atoms with Gasteiger partial charge < -0.3 is 4.90 Å². The zero-order chi connectivity index (χ0) is 15.0. The molecule has 0 aromatic carbocycles. The fourth-order valence-electron chi connectivity index (χ4n) is 1.92. The summed E-state index contributed by atoms with van der Waals surface area (Å²) in [5, 5.41) is 1.76. The number of carbonyl (C=O) groups is 1. The standard InChI is InChI=1S/C13H10ClN3O2S2/c1-16(7-8-2-3-10(14)21-8)11(18)9-6-15-13-17(12(9)19)4-5-20-13/h2-6H,7H2,1H3. The van der Waals surface area contributed by atoms with Crippen molar-refractivity contribution in [2.24, 2.45) is 0 Å². The van der Waals surface area contributed by atoms with E-state index in [1.165, 1.54) is 38.2 Å². The monoisotopic (exact) mass is 339 g/mol. The third kappa shape index (κ3) is 2.72. The Balaban J connectivity index is 1.89. The number of aromatic nitrogens is 2. The Morgan fingerprint density at radius 3 is 3.00 bits per heavy atom. The molecule has 0 bridgehead atoms. The Hall–Kier alpha value is -1.70. The van der Waals surface area contributed by atoms with E-state index in [4.69, 9.17) is 11.6 Å². The van der Waals surface area contributed by atoms with Crippen LogP contribution < -0.4 is 5.56 Å². The van der Waals surface area contributed by atoms with Gasteiger partial charge in [0.15, 0.2) is 4.96 Å². The van der Waals surface area contributed by atoms with Gasteiger partial charge in [-0.2, -0.15) is 0 Å². The molecule has 3 rings (SSSR count). The van der Waals surface area contributed by atoms with Crippen LogP contribution in [0.4, 0.5) is 0 Å². The second kappa shape index (κ2) is 5.59. The minimum absolute atomic E-state index is 0.0658. The van der Waals surface area contributed by atoms with Crippen LogP contribution in [0.15, 0.2) is 34.7 Å². The molecular formula is C13H10ClN3O2S2. The minimum atomic E-state index is -0.349. The summed E-state index contributed by atoms with van der Waals surface area (Å²) in [7, 11) is 1.65. The number of carbonyl (C=O) groups excluding carboxylic acids is 1. The molecule has 0 N–H and O–H groups in total. The molecular weight excluding hydrogens is 330 g/mol. The van der Waals surface area contributed by atoms with Crippen LogP contribution in [-0.2, 0) is 6.54 Å². The van der Waals surface area contributed by atoms with Crippen LogP contribution >= 0.6 is 34.3 Å². The maximum atomic E-state index is 12.4. The van der Waals surface area contributed by atoms with Gasteiger partial charge in [0.25, 0.3) is 11.5 Å². The van der Waals surface area contributed by atoms with Gasteiger partial charge in [0.2, 0.25) is 0 Å². The third-order valence-electron chi connectivity index (χ3n) is 2.94. The van der Waals surface area contributed by atoms with Gasteiger partial charge in [-0.3, -0.25) is 14.0 Å². The molecule has 8 heteroatoms. The van der Waals surface area contributed by atoms with Crippen molar-refractivity contribution < 1.29 is 4.79 Å². The predicted octanol–water partition coefficient (Wildman–Crippen LogP) is 2.74. The highest BCUT2D eigenvalue weighted by Crippen LogP contribution is 2.22. The summed E-state index contributed by atoms with van der Waals surface area (Å²) in [5.41, 5.74) is -0.279. The van der Waals surface area contributed by atoms with Crippen molar-refractivity contribution in [3.05, 3.63) is 55.0 Å². The fourth-order valence-corrected chi connectivity index (χ4v) is 3.74. The summed E-state index contributed by atoms with van der Waals surface area (Å²) in [6, 6.07) is 3.65. The Kier molecular flexibility index (Phi) is 3.79. The minimum Gasteiger partial charge on any atom is -0.336 e. The van der Waals surface area contributed by atoms with Crippen molar-refractivity contribution in [3.8, 4) is 0 Å². The lowest BCUT2D eigenvalue weighted by molar-refractivity contribution is 0.0784. The van der Waals surface area contributed by atoms with E-state index in [-0.39, 0.29) is 17.0 Å². The summed E-state index contributed by atoms with van der Waals surface area (Å²) in [6.07, 6.45) is 2.96. The van der Waals surface area contributed by atoms with Crippen LogP contribution in [0.25, 0.3) is 4.96 Å². The van der Waals surface area contributed by atoms with E-state index in [9.17, 15) is 9.59 Å². The molecule has 0 unspecified atom stereocenters. The normalized spacial score (nSPS) is 11.0. The molecule has 0 aliphatic rings. The molecule has 0 saturated heterocycles. The molecule has 3 aromatic heterocycles. The molecule has 0 aliphatic heterocycles. The van der Waals surface area contributed by atoms with Crippen LogP contribution in [0.3, 0.4) is 0 Å². The number of thiazole rings is 1. The van der Waals surface area contributed by atoms with E-state index in [2.05, 4.69) is 4.98 Å². The number of thiophene rings is 1. The highest BCUT2D eigenvalue weighted by atomic mass is 35.5. The number of halogens is 1. The summed E-state index contributed by atoms with van der Waals surface area (Å²) in [4.78, 5) is 31.8. The SMILES string of the molecule is CN(Cc1ccc(Cl)s1)C(=O)c1cnc2sccn2c1=O. The van der Waals surface area contributed by atoms with E-state index in [0.717, 1.165) is 4.88 Å². The van der Waals surface area contributed by atoms with E-state index < -0.39 is 0 Å². The lowest BCUT2D eigenvalue weighted by Gasteiger charge is -2.15. The maximum absolute atomic E-state index is 12.4. The zero-order valence-electron chi connectivity index (χ0n) is 10.9. The molecule has 3 heterocycles. The Bertz CT molecular complexity index is 868. The number of rotatable bonds is 3. The van der Waals surface area contributed by atoms with Gasteiger partial charge >= 0.3 is 0 Å². The van der Waals surface area contributed by atoms with Gasteiger partial charge in [0.1, 0.15) is 5.56 Å². The average molecular weight is 340 g/mol. The number of amides is 1. The van der Waals surface area contributed by atoms with Gasteiger partial charge in [-0.1, -0.05) is 11.6 Å². The van der Waals surface area contributed by atoms with Gasteiger partial charge in [-0.15, -0.1) is 22.7 Å². The fraction of sp³-hybridized carbons (Fsp3) is 0.154. The van der Waals surface area contributed by atoms with Crippen LogP contribution in [0.5, 0.6) is 0 Å². The quantitative estimate of drug-likeness (QED) is 0.737. The predicted molar refractivity (Wildman–Crippen MR) is 84.5 cm³/mol. The van der Waals surface area contributed by atoms with Gasteiger partial charge in [-0.05, 0) is 12.1 Å². The smallest absolute Gasteiger partial charge is 0.271 e. The number of hydrogen-bond donors (Lipinski definition) is 0. The summed E-state index contributed by atoms with van der Waals surface area (Å²) in [6.45, 7) is 0.405. The van der Waals surface area contributed by atoms with Gasteiger partial charge in [-0.25, -0.2) is 4.98 Å². The van der Waals surface area contributed by atoms with Crippen molar-refractivity contribution in [1.82, 2.24) is 14.3 Å². The van der Waals surface area contributed by atoms with Crippen LogP contribution in [0.2, 0.25) is 4.34 Å². The molecule has 108 valence electrons. The molecule has 3 aromatic rings. The number of hydrogen-bond acceptors (Lipinski definition) is 5. The van der Waals surface area contributed by atoms with Gasteiger partial charge in [0, 0.05) is 29.7 Å². The summed E-state index contributed by atoms with van der Waals surface area (Å²) in [5.74, 6) is -0.349. The molecule has 0 atom stereocenters. The van der Waals surface area contributed by atoms with Crippen molar-refractivity contribution in [2.75, 3.05) is 7.05 Å². The number of fused-ring (bicyclic) bond motifs is 1. The topological polar surface area (TPSA) is 54.7 Å². The largest absolute Gasteiger partial charge is 0.336 e. The molecule has 0 radical (unpaired) electrons. The maximum Gasteiger partial charge on any atom is 0.271 e. The first kappa shape index (κ1) is 14.2. The highest BCUT2D eigenvalue weighted by Gasteiger charge is 2.18. The van der Waals surface area contributed by atoms with Crippen LogP contribution in [0.1, 0.15) is 15.2 Å². The molecule has 0 fully saturated rings. The first-order chi connectivity index (χ1) is 10.1. The molecule has 0 saturated carbocycles. The van der Waals surface area contributed by atoms with E-state index in [0.29, 0.717) is 15.8 Å². The summed E-state index contributed by atoms with van der Waals surface area (Å²) < 4.78 is 2.06. The third-order valence-corrected chi connectivity index (χ3v) is 4.93. The zero-order valence-corrected chi connectivity index (χ0v) is 13.3. The van der Waals surface area contributed by atoms with Crippen molar-refractivity contribution in [1.29, 1.82) is 0 Å². The lowest BCUT2D eigenvalue weighted by atomic mass is 10.3. The summed E-state index contributed by atoms with van der Waals surface area (Å²) >= 11 is 8.63. The van der Waals surface area contributed by atoms with E-state index in [1.807, 2.05) is 6.07 Å². The Morgan fingerprint density at radius 2 is 2.29 bits per heavy atom.